The van der Waals surface area contributed by atoms with Gasteiger partial charge < -0.3 is 0 Å². The first-order valence-electron chi connectivity index (χ1n) is 4.29. The van der Waals surface area contributed by atoms with Crippen molar-refractivity contribution in [1.29, 1.82) is 0 Å². The maximum absolute atomic E-state index is 2.43. The van der Waals surface area contributed by atoms with Crippen LogP contribution in [0.1, 0.15) is 46.5 Å². The second-order valence-corrected chi connectivity index (χ2v) is 3.62. The van der Waals surface area contributed by atoms with Gasteiger partial charge in [-0.1, -0.05) is 20.8 Å². The molecule has 0 aliphatic heterocycles. The van der Waals surface area contributed by atoms with Gasteiger partial charge in [-0.3, -0.25) is 0 Å². The van der Waals surface area contributed by atoms with Crippen molar-refractivity contribution in [2.24, 2.45) is 11.3 Å². The Morgan fingerprint density at radius 3 is 1.89 bits per heavy atom. The molecule has 3 aliphatic carbocycles. The molecule has 3 rings (SSSR count). The molecule has 9 heavy (non-hydrogen) atoms. The van der Waals surface area contributed by atoms with E-state index in [9.17, 15) is 0 Å². The fourth-order valence-corrected chi connectivity index (χ4v) is 2.29. The minimum absolute atomic E-state index is 0.838. The van der Waals surface area contributed by atoms with Crippen molar-refractivity contribution < 1.29 is 0 Å². The highest BCUT2D eigenvalue weighted by Gasteiger charge is 2.46. The third-order valence-corrected chi connectivity index (χ3v) is 2.72. The van der Waals surface area contributed by atoms with Crippen molar-refractivity contribution in [3.63, 3.8) is 0 Å². The lowest BCUT2D eigenvalue weighted by Gasteiger charge is -2.34. The second-order valence-electron chi connectivity index (χ2n) is 3.62. The molecular weight excluding hydrogens is 108 g/mol. The van der Waals surface area contributed by atoms with E-state index in [1.54, 1.807) is 12.8 Å². The van der Waals surface area contributed by atoms with Crippen molar-refractivity contribution in [3.8, 4) is 0 Å². The highest BCUT2D eigenvalue weighted by molar-refractivity contribution is 4.97. The predicted molar refractivity (Wildman–Crippen MR) is 41.4 cm³/mol. The Morgan fingerprint density at radius 1 is 1.22 bits per heavy atom. The van der Waals surface area contributed by atoms with Crippen molar-refractivity contribution >= 4 is 0 Å². The van der Waals surface area contributed by atoms with Crippen molar-refractivity contribution in [2.45, 2.75) is 46.5 Å². The van der Waals surface area contributed by atoms with Gasteiger partial charge in [0.15, 0.2) is 0 Å². The summed E-state index contributed by atoms with van der Waals surface area (Å²) in [5.74, 6) is 1.16. The van der Waals surface area contributed by atoms with E-state index in [1.807, 2.05) is 13.8 Å². The average Bonchev–Trinajstić information content (AvgIpc) is 2.28. The monoisotopic (exact) mass is 126 g/mol. The third kappa shape index (κ3) is 1.12. The summed E-state index contributed by atoms with van der Waals surface area (Å²) in [7, 11) is 0. The van der Waals surface area contributed by atoms with Crippen LogP contribution >= 0.6 is 0 Å². The molecule has 0 amide bonds. The van der Waals surface area contributed by atoms with Crippen LogP contribution in [0.4, 0.5) is 0 Å². The molecule has 54 valence electrons. The maximum atomic E-state index is 2.43. The molecule has 2 bridgehead atoms. The van der Waals surface area contributed by atoms with Gasteiger partial charge in [-0.25, -0.2) is 0 Å². The van der Waals surface area contributed by atoms with Crippen LogP contribution in [0.3, 0.4) is 0 Å². The molecule has 0 heterocycles. The molecule has 0 radical (unpaired) electrons. The van der Waals surface area contributed by atoms with E-state index in [-0.39, 0.29) is 0 Å². The van der Waals surface area contributed by atoms with Crippen LogP contribution in [-0.4, -0.2) is 0 Å². The van der Waals surface area contributed by atoms with E-state index in [0.29, 0.717) is 0 Å². The Bertz CT molecular complexity index is 82.7. The molecule has 0 aromatic carbocycles. The summed E-state index contributed by atoms with van der Waals surface area (Å²) in [6, 6.07) is 0. The van der Waals surface area contributed by atoms with E-state index in [1.165, 1.54) is 12.8 Å². The fraction of sp³-hybridized carbons (Fsp3) is 1.00. The van der Waals surface area contributed by atoms with Gasteiger partial charge in [0.2, 0.25) is 0 Å². The van der Waals surface area contributed by atoms with Crippen molar-refractivity contribution in [1.82, 2.24) is 0 Å². The molecule has 0 nitrogen and oxygen atoms in total. The molecule has 0 aromatic heterocycles. The minimum atomic E-state index is 0.838. The van der Waals surface area contributed by atoms with Gasteiger partial charge in [-0.2, -0.15) is 0 Å². The molecule has 3 aliphatic rings. The van der Waals surface area contributed by atoms with Gasteiger partial charge in [-0.05, 0) is 37.0 Å². The Balaban J connectivity index is 0.000000186. The molecule has 0 heteroatoms. The Hall–Kier alpha value is 0. The first-order valence-corrected chi connectivity index (χ1v) is 4.29. The molecule has 0 N–H and O–H groups in total. The van der Waals surface area contributed by atoms with E-state index >= 15 is 0 Å². The topological polar surface area (TPSA) is 0 Å². The van der Waals surface area contributed by atoms with Gasteiger partial charge in [0.1, 0.15) is 0 Å². The molecular formula is C9H18. The predicted octanol–water partition coefficient (Wildman–Crippen LogP) is 3.22. The number of hydrogen-bond donors (Lipinski definition) is 0. The number of rotatable bonds is 0. The SMILES string of the molecule is CC.CC12CCC(C1)C2. The second kappa shape index (κ2) is 2.32. The molecule has 0 atom stereocenters. The first kappa shape index (κ1) is 7.11. The molecule has 0 unspecified atom stereocenters. The molecule has 0 spiro atoms. The van der Waals surface area contributed by atoms with Gasteiger partial charge in [0, 0.05) is 0 Å². The quantitative estimate of drug-likeness (QED) is 0.467. The highest BCUT2D eigenvalue weighted by Crippen LogP contribution is 2.58. The molecule has 0 aromatic rings. The van der Waals surface area contributed by atoms with Gasteiger partial charge >= 0.3 is 0 Å². The summed E-state index contributed by atoms with van der Waals surface area (Å²) in [4.78, 5) is 0. The summed E-state index contributed by atoms with van der Waals surface area (Å²) in [5, 5.41) is 0. The van der Waals surface area contributed by atoms with Crippen LogP contribution in [0.15, 0.2) is 0 Å². The first-order chi connectivity index (χ1) is 4.29. The van der Waals surface area contributed by atoms with Gasteiger partial charge in [0.05, 0.1) is 0 Å². The molecule has 3 saturated carbocycles. The largest absolute Gasteiger partial charge is 0.0683 e. The minimum Gasteiger partial charge on any atom is -0.0683 e. The number of hydrogen-bond acceptors (Lipinski definition) is 0. The summed E-state index contributed by atoms with van der Waals surface area (Å²) in [6.07, 6.45) is 6.16. The lowest BCUT2D eigenvalue weighted by atomic mass is 9.71. The third-order valence-electron chi connectivity index (χ3n) is 2.72. The van der Waals surface area contributed by atoms with Crippen molar-refractivity contribution in [2.75, 3.05) is 0 Å². The van der Waals surface area contributed by atoms with E-state index in [4.69, 9.17) is 0 Å². The Labute approximate surface area is 58.7 Å². The van der Waals surface area contributed by atoms with Crippen LogP contribution in [0.25, 0.3) is 0 Å². The van der Waals surface area contributed by atoms with Crippen LogP contribution in [0.2, 0.25) is 0 Å². The molecule has 0 saturated heterocycles. The zero-order valence-corrected chi connectivity index (χ0v) is 6.91. The summed E-state index contributed by atoms with van der Waals surface area (Å²) in [5.41, 5.74) is 0.838. The zero-order chi connectivity index (χ0) is 6.91. The Morgan fingerprint density at radius 2 is 1.78 bits per heavy atom. The van der Waals surface area contributed by atoms with Crippen molar-refractivity contribution in [3.05, 3.63) is 0 Å². The summed E-state index contributed by atoms with van der Waals surface area (Å²) < 4.78 is 0. The average molecular weight is 126 g/mol. The smallest absolute Gasteiger partial charge is 0.0320 e. The lowest BCUT2D eigenvalue weighted by Crippen LogP contribution is -2.23. The summed E-state index contributed by atoms with van der Waals surface area (Å²) >= 11 is 0. The fourth-order valence-electron chi connectivity index (χ4n) is 2.29. The van der Waals surface area contributed by atoms with Crippen LogP contribution in [-0.2, 0) is 0 Å². The van der Waals surface area contributed by atoms with E-state index in [2.05, 4.69) is 6.92 Å². The van der Waals surface area contributed by atoms with Crippen LogP contribution < -0.4 is 0 Å². The zero-order valence-electron chi connectivity index (χ0n) is 6.91. The van der Waals surface area contributed by atoms with Gasteiger partial charge in [-0.15, -0.1) is 0 Å². The highest BCUT2D eigenvalue weighted by atomic mass is 14.5. The summed E-state index contributed by atoms with van der Waals surface area (Å²) in [6.45, 7) is 6.43. The maximum Gasteiger partial charge on any atom is -0.0320 e. The standard InChI is InChI=1S/C7H12.C2H6/c1-7-3-2-6(4-7)5-7;1-2/h6H,2-5H2,1H3;1-2H3. The number of fused-ring (bicyclic) bond motifs is 1. The van der Waals surface area contributed by atoms with E-state index < -0.39 is 0 Å². The van der Waals surface area contributed by atoms with Crippen LogP contribution in [0, 0.1) is 11.3 Å². The molecule has 3 fully saturated rings. The van der Waals surface area contributed by atoms with Crippen LogP contribution in [0.5, 0.6) is 0 Å². The van der Waals surface area contributed by atoms with Gasteiger partial charge in [0.25, 0.3) is 0 Å². The lowest BCUT2D eigenvalue weighted by molar-refractivity contribution is 0.171. The van der Waals surface area contributed by atoms with E-state index in [0.717, 1.165) is 11.3 Å². The Kier molecular flexibility index (Phi) is 1.83. The normalized spacial score (nSPS) is 45.0.